The lowest BCUT2D eigenvalue weighted by atomic mass is 9.69. The molecule has 20 heavy (non-hydrogen) atoms. The molecule has 0 heterocycles. The van der Waals surface area contributed by atoms with Gasteiger partial charge in [0.2, 0.25) is 0 Å². The Morgan fingerprint density at radius 3 is 2.65 bits per heavy atom. The van der Waals surface area contributed by atoms with Crippen molar-refractivity contribution in [3.8, 4) is 5.75 Å². The van der Waals surface area contributed by atoms with Crippen LogP contribution in [-0.4, -0.2) is 7.11 Å². The normalized spacial score (nSPS) is 33.0. The fraction of sp³-hybridized carbons (Fsp3) is 0.667. The van der Waals surface area contributed by atoms with Gasteiger partial charge in [-0.3, -0.25) is 0 Å². The van der Waals surface area contributed by atoms with Crippen LogP contribution < -0.4 is 10.5 Å². The van der Waals surface area contributed by atoms with Gasteiger partial charge in [0.15, 0.2) is 0 Å². The standard InChI is InChI=1S/C18H27NO/c1-3-13-4-7-15(8-5-13)18(19)11-10-14-6-9-16(20-2)12-17(14)18/h6,9,12-13,15H,3-5,7-8,10-11,19H2,1-2H3. The summed E-state index contributed by atoms with van der Waals surface area (Å²) in [6.07, 6.45) is 8.88. The van der Waals surface area contributed by atoms with Crippen molar-refractivity contribution in [2.75, 3.05) is 7.11 Å². The van der Waals surface area contributed by atoms with Crippen molar-refractivity contribution in [2.24, 2.45) is 17.6 Å². The van der Waals surface area contributed by atoms with Crippen molar-refractivity contribution in [1.29, 1.82) is 0 Å². The Labute approximate surface area is 122 Å². The van der Waals surface area contributed by atoms with E-state index in [-0.39, 0.29) is 5.54 Å². The average Bonchev–Trinajstić information content (AvgIpc) is 2.85. The largest absolute Gasteiger partial charge is 0.497 e. The van der Waals surface area contributed by atoms with E-state index in [1.807, 2.05) is 0 Å². The number of aryl methyl sites for hydroxylation is 1. The molecule has 0 spiro atoms. The second kappa shape index (κ2) is 5.40. The number of hydrogen-bond acceptors (Lipinski definition) is 2. The number of benzene rings is 1. The van der Waals surface area contributed by atoms with Gasteiger partial charge in [0.1, 0.15) is 5.75 Å². The summed E-state index contributed by atoms with van der Waals surface area (Å²) in [6.45, 7) is 2.32. The van der Waals surface area contributed by atoms with Gasteiger partial charge < -0.3 is 10.5 Å². The Bertz CT molecular complexity index is 476. The van der Waals surface area contributed by atoms with Gasteiger partial charge in [-0.1, -0.05) is 32.3 Å². The zero-order chi connectivity index (χ0) is 14.2. The van der Waals surface area contributed by atoms with Crippen LogP contribution in [-0.2, 0) is 12.0 Å². The lowest BCUT2D eigenvalue weighted by molar-refractivity contribution is 0.169. The number of rotatable bonds is 3. The van der Waals surface area contributed by atoms with Gasteiger partial charge in [0, 0.05) is 5.54 Å². The summed E-state index contributed by atoms with van der Waals surface area (Å²) in [5, 5.41) is 0. The van der Waals surface area contributed by atoms with Crippen molar-refractivity contribution >= 4 is 0 Å². The Kier molecular flexibility index (Phi) is 3.76. The van der Waals surface area contributed by atoms with Crippen molar-refractivity contribution in [1.82, 2.24) is 0 Å². The Morgan fingerprint density at radius 1 is 1.25 bits per heavy atom. The van der Waals surface area contributed by atoms with Gasteiger partial charge in [-0.05, 0) is 60.8 Å². The van der Waals surface area contributed by atoms with Gasteiger partial charge in [0.05, 0.1) is 7.11 Å². The second-order valence-corrected chi connectivity index (χ2v) is 6.69. The van der Waals surface area contributed by atoms with E-state index >= 15 is 0 Å². The zero-order valence-corrected chi connectivity index (χ0v) is 12.8. The molecule has 1 atom stereocenters. The average molecular weight is 273 g/mol. The lowest BCUT2D eigenvalue weighted by Gasteiger charge is -2.39. The van der Waals surface area contributed by atoms with Crippen LogP contribution in [0.1, 0.15) is 56.6 Å². The maximum atomic E-state index is 6.90. The van der Waals surface area contributed by atoms with Crippen LogP contribution in [0.5, 0.6) is 5.75 Å². The molecule has 2 nitrogen and oxygen atoms in total. The SMILES string of the molecule is CCC1CCC(C2(N)CCc3ccc(OC)cc32)CC1. The minimum Gasteiger partial charge on any atom is -0.497 e. The highest BCUT2D eigenvalue weighted by atomic mass is 16.5. The first kappa shape index (κ1) is 13.9. The molecule has 0 aliphatic heterocycles. The van der Waals surface area contributed by atoms with Crippen molar-refractivity contribution in [2.45, 2.75) is 57.4 Å². The van der Waals surface area contributed by atoms with E-state index in [2.05, 4.69) is 25.1 Å². The summed E-state index contributed by atoms with van der Waals surface area (Å²) >= 11 is 0. The van der Waals surface area contributed by atoms with E-state index in [1.165, 1.54) is 43.2 Å². The summed E-state index contributed by atoms with van der Waals surface area (Å²) < 4.78 is 5.40. The molecule has 1 unspecified atom stereocenters. The predicted octanol–water partition coefficient (Wildman–Crippen LogP) is 4.01. The molecule has 2 aliphatic rings. The molecular formula is C18H27NO. The fourth-order valence-electron chi connectivity index (χ4n) is 4.32. The van der Waals surface area contributed by atoms with Crippen molar-refractivity contribution in [3.63, 3.8) is 0 Å². The molecule has 1 aromatic rings. The van der Waals surface area contributed by atoms with Crippen LogP contribution in [0.2, 0.25) is 0 Å². The molecule has 2 aliphatic carbocycles. The van der Waals surface area contributed by atoms with Gasteiger partial charge in [-0.25, -0.2) is 0 Å². The number of fused-ring (bicyclic) bond motifs is 1. The molecule has 2 N–H and O–H groups in total. The first-order valence-corrected chi connectivity index (χ1v) is 8.13. The number of ether oxygens (including phenoxy) is 1. The topological polar surface area (TPSA) is 35.2 Å². The smallest absolute Gasteiger partial charge is 0.119 e. The molecule has 3 rings (SSSR count). The molecule has 1 fully saturated rings. The van der Waals surface area contributed by atoms with Crippen molar-refractivity contribution < 1.29 is 4.74 Å². The molecule has 1 aromatic carbocycles. The second-order valence-electron chi connectivity index (χ2n) is 6.69. The summed E-state index contributed by atoms with van der Waals surface area (Å²) in [5.41, 5.74) is 9.59. The maximum absolute atomic E-state index is 6.90. The van der Waals surface area contributed by atoms with Crippen LogP contribution in [0.4, 0.5) is 0 Å². The molecule has 0 radical (unpaired) electrons. The van der Waals surface area contributed by atoms with E-state index < -0.39 is 0 Å². The quantitative estimate of drug-likeness (QED) is 0.903. The number of methoxy groups -OCH3 is 1. The Morgan fingerprint density at radius 2 is 2.00 bits per heavy atom. The lowest BCUT2D eigenvalue weighted by Crippen LogP contribution is -2.43. The fourth-order valence-corrected chi connectivity index (χ4v) is 4.32. The van der Waals surface area contributed by atoms with Crippen LogP contribution >= 0.6 is 0 Å². The predicted molar refractivity (Wildman–Crippen MR) is 82.9 cm³/mol. The molecule has 1 saturated carbocycles. The monoisotopic (exact) mass is 273 g/mol. The maximum Gasteiger partial charge on any atom is 0.119 e. The molecule has 0 aromatic heterocycles. The first-order chi connectivity index (χ1) is 9.67. The first-order valence-electron chi connectivity index (χ1n) is 8.13. The molecule has 110 valence electrons. The highest BCUT2D eigenvalue weighted by Crippen LogP contribution is 2.47. The number of hydrogen-bond donors (Lipinski definition) is 1. The minimum absolute atomic E-state index is 0.109. The highest BCUT2D eigenvalue weighted by Gasteiger charge is 2.43. The molecular weight excluding hydrogens is 246 g/mol. The third kappa shape index (κ3) is 2.24. The van der Waals surface area contributed by atoms with Crippen LogP contribution in [0.25, 0.3) is 0 Å². The summed E-state index contributed by atoms with van der Waals surface area (Å²) in [7, 11) is 1.74. The zero-order valence-electron chi connectivity index (χ0n) is 12.8. The van der Waals surface area contributed by atoms with E-state index in [1.54, 1.807) is 7.11 Å². The molecule has 0 saturated heterocycles. The third-order valence-electron chi connectivity index (χ3n) is 5.78. The summed E-state index contributed by atoms with van der Waals surface area (Å²) in [5.74, 6) is 2.53. The van der Waals surface area contributed by atoms with Crippen molar-refractivity contribution in [3.05, 3.63) is 29.3 Å². The van der Waals surface area contributed by atoms with Gasteiger partial charge in [0.25, 0.3) is 0 Å². The van der Waals surface area contributed by atoms with Gasteiger partial charge in [-0.15, -0.1) is 0 Å². The summed E-state index contributed by atoms with van der Waals surface area (Å²) in [4.78, 5) is 0. The van der Waals surface area contributed by atoms with E-state index in [4.69, 9.17) is 10.5 Å². The van der Waals surface area contributed by atoms with Crippen LogP contribution in [0, 0.1) is 11.8 Å². The minimum atomic E-state index is -0.109. The third-order valence-corrected chi connectivity index (χ3v) is 5.78. The number of nitrogens with two attached hydrogens (primary N) is 1. The van der Waals surface area contributed by atoms with Crippen LogP contribution in [0.15, 0.2) is 18.2 Å². The van der Waals surface area contributed by atoms with Crippen LogP contribution in [0.3, 0.4) is 0 Å². The van der Waals surface area contributed by atoms with Gasteiger partial charge in [-0.2, -0.15) is 0 Å². The molecule has 0 bridgehead atoms. The van der Waals surface area contributed by atoms with Gasteiger partial charge >= 0.3 is 0 Å². The van der Waals surface area contributed by atoms with E-state index in [9.17, 15) is 0 Å². The van der Waals surface area contributed by atoms with E-state index in [0.717, 1.165) is 24.5 Å². The summed E-state index contributed by atoms with van der Waals surface area (Å²) in [6, 6.07) is 6.47. The molecule has 0 amide bonds. The molecule has 2 heteroatoms. The van der Waals surface area contributed by atoms with E-state index in [0.29, 0.717) is 5.92 Å². The Balaban J connectivity index is 1.84. The highest BCUT2D eigenvalue weighted by molar-refractivity contribution is 5.44. The Hall–Kier alpha value is -1.02.